The molecule has 6 heteroatoms. The maximum atomic E-state index is 12.7. The van der Waals surface area contributed by atoms with Crippen LogP contribution < -0.4 is 10.6 Å². The Morgan fingerprint density at radius 1 is 1.00 bits per heavy atom. The first-order valence-electron chi connectivity index (χ1n) is 9.57. The van der Waals surface area contributed by atoms with Gasteiger partial charge in [0, 0.05) is 17.3 Å². The molecule has 1 aromatic heterocycles. The molecule has 2 amide bonds. The van der Waals surface area contributed by atoms with Crippen molar-refractivity contribution >= 4 is 34.1 Å². The lowest BCUT2D eigenvalue weighted by atomic mass is 10.1. The molecular weight excluding hydrogens is 364 g/mol. The minimum atomic E-state index is -0.481. The number of likely N-dealkylation sites (N-methyl/N-ethyl adjacent to an activating group) is 1. The van der Waals surface area contributed by atoms with Gasteiger partial charge in [-0.3, -0.25) is 19.5 Å². The maximum Gasteiger partial charge on any atom is 0.241 e. The summed E-state index contributed by atoms with van der Waals surface area (Å²) in [7, 11) is 1.76. The third-order valence-corrected chi connectivity index (χ3v) is 5.08. The van der Waals surface area contributed by atoms with E-state index in [0.29, 0.717) is 5.69 Å². The Bertz CT molecular complexity index is 1020. The summed E-state index contributed by atoms with van der Waals surface area (Å²) >= 11 is 0. The van der Waals surface area contributed by atoms with Gasteiger partial charge in [-0.05, 0) is 63.2 Å². The Labute approximate surface area is 170 Å². The van der Waals surface area contributed by atoms with Gasteiger partial charge in [-0.2, -0.15) is 0 Å². The number of carbonyl (C=O) groups excluding carboxylic acids is 2. The van der Waals surface area contributed by atoms with E-state index in [-0.39, 0.29) is 18.4 Å². The number of anilines is 2. The molecule has 0 radical (unpaired) electrons. The van der Waals surface area contributed by atoms with Crippen molar-refractivity contribution in [3.63, 3.8) is 0 Å². The molecule has 0 saturated carbocycles. The Morgan fingerprint density at radius 3 is 2.41 bits per heavy atom. The molecule has 1 atom stereocenters. The topological polar surface area (TPSA) is 74.3 Å². The monoisotopic (exact) mass is 390 g/mol. The van der Waals surface area contributed by atoms with E-state index in [4.69, 9.17) is 0 Å². The summed E-state index contributed by atoms with van der Waals surface area (Å²) < 4.78 is 0. The fourth-order valence-corrected chi connectivity index (χ4v) is 3.20. The number of hydrogen-bond acceptors (Lipinski definition) is 4. The molecule has 0 fully saturated rings. The van der Waals surface area contributed by atoms with Crippen LogP contribution in [0.4, 0.5) is 11.4 Å². The molecule has 1 heterocycles. The first kappa shape index (κ1) is 20.5. The van der Waals surface area contributed by atoms with Crippen LogP contribution in [0.25, 0.3) is 10.9 Å². The van der Waals surface area contributed by atoms with Crippen molar-refractivity contribution in [2.24, 2.45) is 0 Å². The molecule has 0 bridgehead atoms. The van der Waals surface area contributed by atoms with Crippen LogP contribution in [0.3, 0.4) is 0 Å². The molecule has 0 aliphatic heterocycles. The predicted octanol–water partition coefficient (Wildman–Crippen LogP) is 3.75. The number of fused-ring (bicyclic) bond motifs is 1. The normalized spacial score (nSPS) is 12.0. The van der Waals surface area contributed by atoms with Gasteiger partial charge < -0.3 is 10.6 Å². The number of aryl methyl sites for hydroxylation is 2. The van der Waals surface area contributed by atoms with Crippen molar-refractivity contribution in [3.05, 3.63) is 65.9 Å². The highest BCUT2D eigenvalue weighted by molar-refractivity contribution is 6.03. The predicted molar refractivity (Wildman–Crippen MR) is 117 cm³/mol. The molecule has 2 aromatic carbocycles. The molecule has 0 aliphatic rings. The Morgan fingerprint density at radius 2 is 1.69 bits per heavy atom. The van der Waals surface area contributed by atoms with Crippen molar-refractivity contribution < 1.29 is 9.59 Å². The molecular formula is C23H26N4O2. The molecule has 3 rings (SSSR count). The average molecular weight is 390 g/mol. The van der Waals surface area contributed by atoms with E-state index in [9.17, 15) is 9.59 Å². The highest BCUT2D eigenvalue weighted by atomic mass is 16.2. The van der Waals surface area contributed by atoms with Gasteiger partial charge in [0.2, 0.25) is 11.8 Å². The smallest absolute Gasteiger partial charge is 0.241 e. The van der Waals surface area contributed by atoms with Gasteiger partial charge in [-0.1, -0.05) is 24.3 Å². The Hall–Kier alpha value is -3.25. The molecule has 6 nitrogen and oxygen atoms in total. The van der Waals surface area contributed by atoms with E-state index in [2.05, 4.69) is 15.6 Å². The minimum Gasteiger partial charge on any atom is -0.324 e. The average Bonchev–Trinajstić information content (AvgIpc) is 2.70. The first-order chi connectivity index (χ1) is 13.9. The van der Waals surface area contributed by atoms with Crippen LogP contribution in [-0.2, 0) is 9.59 Å². The lowest BCUT2D eigenvalue weighted by Crippen LogP contribution is -2.43. The van der Waals surface area contributed by atoms with E-state index in [1.54, 1.807) is 25.1 Å². The number of benzene rings is 2. The van der Waals surface area contributed by atoms with Gasteiger partial charge in [0.1, 0.15) is 0 Å². The second kappa shape index (κ2) is 8.84. The summed E-state index contributed by atoms with van der Waals surface area (Å²) in [6.07, 6.45) is 1.72. The van der Waals surface area contributed by atoms with E-state index < -0.39 is 6.04 Å². The maximum absolute atomic E-state index is 12.7. The minimum absolute atomic E-state index is 0.111. The summed E-state index contributed by atoms with van der Waals surface area (Å²) in [6, 6.07) is 14.8. The van der Waals surface area contributed by atoms with Gasteiger partial charge in [-0.25, -0.2) is 0 Å². The quantitative estimate of drug-likeness (QED) is 0.672. The van der Waals surface area contributed by atoms with E-state index >= 15 is 0 Å². The van der Waals surface area contributed by atoms with Crippen molar-refractivity contribution in [2.75, 3.05) is 24.2 Å². The number of amides is 2. The fraction of sp³-hybridized carbons (Fsp3) is 0.261. The lowest BCUT2D eigenvalue weighted by molar-refractivity contribution is -0.122. The van der Waals surface area contributed by atoms with Gasteiger partial charge in [0.15, 0.2) is 0 Å². The summed E-state index contributed by atoms with van der Waals surface area (Å²) in [5, 5.41) is 6.79. The zero-order valence-electron chi connectivity index (χ0n) is 17.2. The van der Waals surface area contributed by atoms with Crippen molar-refractivity contribution in [1.82, 2.24) is 9.88 Å². The van der Waals surface area contributed by atoms with Crippen LogP contribution in [0, 0.1) is 13.8 Å². The van der Waals surface area contributed by atoms with Crippen LogP contribution >= 0.6 is 0 Å². The van der Waals surface area contributed by atoms with Crippen molar-refractivity contribution in [1.29, 1.82) is 0 Å². The molecule has 150 valence electrons. The van der Waals surface area contributed by atoms with Gasteiger partial charge in [0.25, 0.3) is 0 Å². The second-order valence-electron chi connectivity index (χ2n) is 7.27. The van der Waals surface area contributed by atoms with Crippen molar-refractivity contribution in [2.45, 2.75) is 26.8 Å². The zero-order valence-corrected chi connectivity index (χ0v) is 17.2. The van der Waals surface area contributed by atoms with Crippen LogP contribution in [0.1, 0.15) is 18.1 Å². The standard InChI is InChI=1S/C23H26N4O2/c1-15-8-5-9-16(2)22(15)26-21(28)14-27(4)17(3)23(29)25-20-12-6-11-19-18(20)10-7-13-24-19/h5-13,17H,14H2,1-4H3,(H,25,29)(H,26,28)/t17-/m0/s1. The zero-order chi connectivity index (χ0) is 21.0. The van der Waals surface area contributed by atoms with Crippen LogP contribution in [0.2, 0.25) is 0 Å². The van der Waals surface area contributed by atoms with E-state index in [1.165, 1.54) is 0 Å². The number of nitrogens with one attached hydrogen (secondary N) is 2. The van der Waals surface area contributed by atoms with Crippen LogP contribution in [-0.4, -0.2) is 41.3 Å². The van der Waals surface area contributed by atoms with E-state index in [0.717, 1.165) is 27.7 Å². The Balaban J connectivity index is 1.64. The molecule has 2 N–H and O–H groups in total. The second-order valence-corrected chi connectivity index (χ2v) is 7.27. The molecule has 0 spiro atoms. The van der Waals surface area contributed by atoms with Crippen LogP contribution in [0.15, 0.2) is 54.7 Å². The number of carbonyl (C=O) groups is 2. The van der Waals surface area contributed by atoms with Crippen LogP contribution in [0.5, 0.6) is 0 Å². The number of nitrogens with zero attached hydrogens (tertiary/aromatic N) is 2. The molecule has 0 unspecified atom stereocenters. The molecule has 0 saturated heterocycles. The third-order valence-electron chi connectivity index (χ3n) is 5.08. The van der Waals surface area contributed by atoms with Gasteiger partial charge >= 0.3 is 0 Å². The third kappa shape index (κ3) is 4.78. The number of hydrogen-bond donors (Lipinski definition) is 2. The summed E-state index contributed by atoms with van der Waals surface area (Å²) in [6.45, 7) is 5.81. The molecule has 0 aliphatic carbocycles. The SMILES string of the molecule is Cc1cccc(C)c1NC(=O)CN(C)[C@@H](C)C(=O)Nc1cccc2ncccc12. The largest absolute Gasteiger partial charge is 0.324 e. The summed E-state index contributed by atoms with van der Waals surface area (Å²) in [5.41, 5.74) is 4.37. The Kier molecular flexibility index (Phi) is 6.24. The van der Waals surface area contributed by atoms with Crippen molar-refractivity contribution in [3.8, 4) is 0 Å². The molecule has 29 heavy (non-hydrogen) atoms. The van der Waals surface area contributed by atoms with E-state index in [1.807, 2.05) is 62.4 Å². The number of rotatable bonds is 6. The van der Waals surface area contributed by atoms with Gasteiger partial charge in [0.05, 0.1) is 23.8 Å². The molecule has 3 aromatic rings. The summed E-state index contributed by atoms with van der Waals surface area (Å²) in [5.74, 6) is -0.331. The van der Waals surface area contributed by atoms with Gasteiger partial charge in [-0.15, -0.1) is 0 Å². The number of pyridine rings is 1. The summed E-state index contributed by atoms with van der Waals surface area (Å²) in [4.78, 5) is 31.3. The number of aromatic nitrogens is 1. The first-order valence-corrected chi connectivity index (χ1v) is 9.57. The highest BCUT2D eigenvalue weighted by Crippen LogP contribution is 2.22. The number of para-hydroxylation sites is 1. The lowest BCUT2D eigenvalue weighted by Gasteiger charge is -2.24. The fourth-order valence-electron chi connectivity index (χ4n) is 3.20. The highest BCUT2D eigenvalue weighted by Gasteiger charge is 2.21.